The molecule has 0 amide bonds. The molecule has 2 aromatic heterocycles. The molecule has 2 aromatic rings. The van der Waals surface area contributed by atoms with Gasteiger partial charge in [-0.2, -0.15) is 0 Å². The second-order valence-corrected chi connectivity index (χ2v) is 5.55. The zero-order valence-corrected chi connectivity index (χ0v) is 11.6. The summed E-state index contributed by atoms with van der Waals surface area (Å²) in [7, 11) is 2.10. The lowest BCUT2D eigenvalue weighted by atomic mass is 10.2. The maximum atomic E-state index is 4.56. The van der Waals surface area contributed by atoms with E-state index in [1.807, 2.05) is 23.0 Å². The molecule has 1 fully saturated rings. The molecule has 0 N–H and O–H groups in total. The summed E-state index contributed by atoms with van der Waals surface area (Å²) in [5.74, 6) is 1.76. The van der Waals surface area contributed by atoms with Gasteiger partial charge in [0.25, 0.3) is 0 Å². The minimum absolute atomic E-state index is 0.525. The number of anilines is 1. The van der Waals surface area contributed by atoms with E-state index in [9.17, 15) is 0 Å². The smallest absolute Gasteiger partial charge is 0.180 e. The van der Waals surface area contributed by atoms with Crippen LogP contribution in [-0.2, 0) is 0 Å². The van der Waals surface area contributed by atoms with E-state index < -0.39 is 0 Å². The van der Waals surface area contributed by atoms with Crippen LogP contribution >= 0.6 is 15.9 Å². The number of nitrogens with zero attached hydrogens (tertiary/aromatic N) is 4. The van der Waals surface area contributed by atoms with Gasteiger partial charge in [-0.05, 0) is 41.6 Å². The highest BCUT2D eigenvalue weighted by molar-refractivity contribution is 9.10. The van der Waals surface area contributed by atoms with E-state index in [0.717, 1.165) is 22.0 Å². The number of halogens is 1. The van der Waals surface area contributed by atoms with Crippen LogP contribution in [0.25, 0.3) is 5.65 Å². The van der Waals surface area contributed by atoms with E-state index in [-0.39, 0.29) is 0 Å². The van der Waals surface area contributed by atoms with E-state index >= 15 is 0 Å². The van der Waals surface area contributed by atoms with Gasteiger partial charge in [-0.1, -0.05) is 0 Å². The number of hydrogen-bond donors (Lipinski definition) is 0. The molecule has 3 rings (SSSR count). The fourth-order valence-electron chi connectivity index (χ4n) is 2.21. The van der Waals surface area contributed by atoms with E-state index in [0.29, 0.717) is 6.04 Å². The lowest BCUT2D eigenvalue weighted by Crippen LogP contribution is -2.31. The number of aromatic nitrogens is 3. The van der Waals surface area contributed by atoms with Crippen LogP contribution in [0.1, 0.15) is 19.8 Å². The molecule has 4 nitrogen and oxygen atoms in total. The van der Waals surface area contributed by atoms with Crippen LogP contribution < -0.4 is 4.90 Å². The van der Waals surface area contributed by atoms with Gasteiger partial charge >= 0.3 is 0 Å². The number of imidazole rings is 1. The molecule has 1 saturated carbocycles. The van der Waals surface area contributed by atoms with Gasteiger partial charge in [0.05, 0.1) is 0 Å². The van der Waals surface area contributed by atoms with Crippen LogP contribution in [0.2, 0.25) is 0 Å². The van der Waals surface area contributed by atoms with Crippen LogP contribution in [-0.4, -0.2) is 27.5 Å². The van der Waals surface area contributed by atoms with Crippen LogP contribution in [0.3, 0.4) is 0 Å². The predicted octanol–water partition coefficient (Wildman–Crippen LogP) is 2.73. The molecule has 5 heteroatoms. The highest BCUT2D eigenvalue weighted by Gasteiger charge is 2.31. The minimum Gasteiger partial charge on any atom is -0.354 e. The first-order valence-electron chi connectivity index (χ1n) is 5.89. The molecule has 1 unspecified atom stereocenters. The highest BCUT2D eigenvalue weighted by Crippen LogP contribution is 2.36. The van der Waals surface area contributed by atoms with Crippen LogP contribution in [0.15, 0.2) is 23.2 Å². The maximum absolute atomic E-state index is 4.56. The normalized spacial score (nSPS) is 17.4. The number of hydrogen-bond acceptors (Lipinski definition) is 3. The molecule has 0 aromatic carbocycles. The van der Waals surface area contributed by atoms with Crippen molar-refractivity contribution in [2.24, 2.45) is 5.92 Å². The average Bonchev–Trinajstić information content (AvgIpc) is 3.05. The van der Waals surface area contributed by atoms with Gasteiger partial charge in [-0.15, -0.1) is 0 Å². The van der Waals surface area contributed by atoms with Crippen LogP contribution in [0, 0.1) is 5.92 Å². The molecule has 0 aliphatic heterocycles. The average molecular weight is 295 g/mol. The summed E-state index contributed by atoms with van der Waals surface area (Å²) in [5.41, 5.74) is 0.920. The Hall–Kier alpha value is -1.10. The molecule has 17 heavy (non-hydrogen) atoms. The van der Waals surface area contributed by atoms with Gasteiger partial charge in [0.15, 0.2) is 11.5 Å². The Balaban J connectivity index is 2.05. The summed E-state index contributed by atoms with van der Waals surface area (Å²) >= 11 is 3.45. The zero-order valence-electron chi connectivity index (χ0n) is 9.97. The van der Waals surface area contributed by atoms with Gasteiger partial charge in [-0.3, -0.25) is 0 Å². The van der Waals surface area contributed by atoms with Gasteiger partial charge in [0.2, 0.25) is 0 Å². The number of fused-ring (bicyclic) bond motifs is 1. The van der Waals surface area contributed by atoms with E-state index in [1.165, 1.54) is 12.8 Å². The maximum Gasteiger partial charge on any atom is 0.180 e. The summed E-state index contributed by atoms with van der Waals surface area (Å²) in [6.45, 7) is 2.26. The molecule has 1 aliphatic carbocycles. The second kappa shape index (κ2) is 3.98. The predicted molar refractivity (Wildman–Crippen MR) is 71.3 cm³/mol. The van der Waals surface area contributed by atoms with Crippen LogP contribution in [0.5, 0.6) is 0 Å². The van der Waals surface area contributed by atoms with E-state index in [4.69, 9.17) is 0 Å². The van der Waals surface area contributed by atoms with Crippen molar-refractivity contribution in [3.63, 3.8) is 0 Å². The second-order valence-electron chi connectivity index (χ2n) is 4.73. The molecule has 0 saturated heterocycles. The standard InChI is InChI=1S/C12H15BrN4/c1-8(9-3-4-9)16(2)12-11-14-5-6-17(11)7-10(13)15-12/h5-9H,3-4H2,1-2H3. The third-order valence-electron chi connectivity index (χ3n) is 3.58. The first-order valence-corrected chi connectivity index (χ1v) is 6.68. The Morgan fingerprint density at radius 3 is 3.00 bits per heavy atom. The third kappa shape index (κ3) is 1.92. The zero-order chi connectivity index (χ0) is 12.0. The molecule has 90 valence electrons. The lowest BCUT2D eigenvalue weighted by Gasteiger charge is -2.26. The van der Waals surface area contributed by atoms with Gasteiger partial charge in [0, 0.05) is 31.7 Å². The summed E-state index contributed by atoms with van der Waals surface area (Å²) in [4.78, 5) is 11.2. The lowest BCUT2D eigenvalue weighted by molar-refractivity contribution is 0.604. The molecule has 0 bridgehead atoms. The molecular weight excluding hydrogens is 280 g/mol. The molecule has 0 radical (unpaired) electrons. The molecular formula is C12H15BrN4. The molecule has 1 aliphatic rings. The van der Waals surface area contributed by atoms with Crippen molar-refractivity contribution < 1.29 is 0 Å². The van der Waals surface area contributed by atoms with E-state index in [2.05, 4.69) is 44.8 Å². The molecule has 2 heterocycles. The Labute approximate surface area is 109 Å². The summed E-state index contributed by atoms with van der Waals surface area (Å²) in [6, 6.07) is 0.525. The third-order valence-corrected chi connectivity index (χ3v) is 3.96. The topological polar surface area (TPSA) is 33.4 Å². The Morgan fingerprint density at radius 2 is 2.29 bits per heavy atom. The Bertz CT molecular complexity index is 546. The van der Waals surface area contributed by atoms with Gasteiger partial charge in [0.1, 0.15) is 4.60 Å². The van der Waals surface area contributed by atoms with Gasteiger partial charge in [-0.25, -0.2) is 9.97 Å². The van der Waals surface area contributed by atoms with Crippen LogP contribution in [0.4, 0.5) is 5.82 Å². The largest absolute Gasteiger partial charge is 0.354 e. The quantitative estimate of drug-likeness (QED) is 0.873. The number of rotatable bonds is 3. The van der Waals surface area contributed by atoms with Crippen molar-refractivity contribution in [2.75, 3.05) is 11.9 Å². The van der Waals surface area contributed by atoms with Crippen molar-refractivity contribution >= 4 is 27.4 Å². The van der Waals surface area contributed by atoms with Crippen molar-refractivity contribution in [3.05, 3.63) is 23.2 Å². The fraction of sp³-hybridized carbons (Fsp3) is 0.500. The summed E-state index contributed by atoms with van der Waals surface area (Å²) in [5, 5.41) is 0. The summed E-state index contributed by atoms with van der Waals surface area (Å²) < 4.78 is 2.84. The molecule has 0 spiro atoms. The van der Waals surface area contributed by atoms with Crippen molar-refractivity contribution in [1.29, 1.82) is 0 Å². The Kier molecular flexibility index (Phi) is 2.58. The van der Waals surface area contributed by atoms with E-state index in [1.54, 1.807) is 0 Å². The highest BCUT2D eigenvalue weighted by atomic mass is 79.9. The molecule has 1 atom stereocenters. The fourth-order valence-corrected chi connectivity index (χ4v) is 2.60. The Morgan fingerprint density at radius 1 is 1.53 bits per heavy atom. The van der Waals surface area contributed by atoms with Gasteiger partial charge < -0.3 is 9.30 Å². The first-order chi connectivity index (χ1) is 8.16. The summed E-state index contributed by atoms with van der Waals surface area (Å²) in [6.07, 6.45) is 8.36. The first kappa shape index (κ1) is 11.0. The minimum atomic E-state index is 0.525. The van der Waals surface area contributed by atoms with Crippen molar-refractivity contribution in [2.45, 2.75) is 25.8 Å². The monoisotopic (exact) mass is 294 g/mol. The van der Waals surface area contributed by atoms with Crippen molar-refractivity contribution in [3.8, 4) is 0 Å². The SMILES string of the molecule is CC(C1CC1)N(C)c1nc(Br)cn2ccnc12. The van der Waals surface area contributed by atoms with Crippen molar-refractivity contribution in [1.82, 2.24) is 14.4 Å².